The van der Waals surface area contributed by atoms with Gasteiger partial charge in [-0.15, -0.1) is 0 Å². The third kappa shape index (κ3) is 3.94. The number of nitrogens with one attached hydrogen (secondary N) is 1. The lowest BCUT2D eigenvalue weighted by molar-refractivity contribution is 0.154. The summed E-state index contributed by atoms with van der Waals surface area (Å²) in [5.41, 5.74) is 6.25. The summed E-state index contributed by atoms with van der Waals surface area (Å²) in [6.07, 6.45) is 5.29. The van der Waals surface area contributed by atoms with Crippen LogP contribution in [0.2, 0.25) is 0 Å². The minimum Gasteiger partial charge on any atom is -0.329 e. The van der Waals surface area contributed by atoms with Crippen LogP contribution >= 0.6 is 0 Å². The molecule has 3 heteroatoms. The summed E-state index contributed by atoms with van der Waals surface area (Å²) >= 11 is 0. The highest BCUT2D eigenvalue weighted by Crippen LogP contribution is 2.32. The monoisotopic (exact) mass is 241 g/mol. The van der Waals surface area contributed by atoms with Gasteiger partial charge in [0.05, 0.1) is 0 Å². The van der Waals surface area contributed by atoms with Gasteiger partial charge in [-0.2, -0.15) is 0 Å². The zero-order valence-corrected chi connectivity index (χ0v) is 12.0. The highest BCUT2D eigenvalue weighted by molar-refractivity contribution is 4.96. The Morgan fingerprint density at radius 1 is 1.29 bits per heavy atom. The fourth-order valence-electron chi connectivity index (χ4n) is 3.05. The number of rotatable bonds is 7. The fourth-order valence-corrected chi connectivity index (χ4v) is 3.05. The molecule has 1 aliphatic carbocycles. The summed E-state index contributed by atoms with van der Waals surface area (Å²) in [4.78, 5) is 2.46. The van der Waals surface area contributed by atoms with Gasteiger partial charge in [0.25, 0.3) is 0 Å². The van der Waals surface area contributed by atoms with Crippen molar-refractivity contribution in [2.75, 3.05) is 32.7 Å². The smallest absolute Gasteiger partial charge is 0.0330 e. The molecule has 1 fully saturated rings. The molecule has 0 saturated heterocycles. The standard InChI is InChI=1S/C14H31N3/c1-4-17(5-2)11-10-16-14(12-15)9-7-6-8-13(14)3/h13,16H,4-12,15H2,1-3H3. The summed E-state index contributed by atoms with van der Waals surface area (Å²) in [7, 11) is 0. The number of likely N-dealkylation sites (N-methyl/N-ethyl adjacent to an activating group) is 1. The van der Waals surface area contributed by atoms with E-state index in [0.717, 1.165) is 38.6 Å². The second-order valence-corrected chi connectivity index (χ2v) is 5.46. The molecule has 2 atom stereocenters. The van der Waals surface area contributed by atoms with E-state index in [0.29, 0.717) is 0 Å². The molecular weight excluding hydrogens is 210 g/mol. The van der Waals surface area contributed by atoms with Crippen molar-refractivity contribution in [2.24, 2.45) is 11.7 Å². The second-order valence-electron chi connectivity index (χ2n) is 5.46. The van der Waals surface area contributed by atoms with Gasteiger partial charge in [-0.25, -0.2) is 0 Å². The van der Waals surface area contributed by atoms with E-state index in [-0.39, 0.29) is 5.54 Å². The molecule has 2 unspecified atom stereocenters. The number of nitrogens with zero attached hydrogens (tertiary/aromatic N) is 1. The van der Waals surface area contributed by atoms with Crippen molar-refractivity contribution in [2.45, 2.75) is 52.0 Å². The van der Waals surface area contributed by atoms with Crippen LogP contribution in [-0.2, 0) is 0 Å². The van der Waals surface area contributed by atoms with Gasteiger partial charge < -0.3 is 16.0 Å². The van der Waals surface area contributed by atoms with Gasteiger partial charge in [0.15, 0.2) is 0 Å². The molecule has 0 spiro atoms. The van der Waals surface area contributed by atoms with Gasteiger partial charge in [-0.1, -0.05) is 33.6 Å². The Morgan fingerprint density at radius 2 is 2.00 bits per heavy atom. The van der Waals surface area contributed by atoms with Gasteiger partial charge >= 0.3 is 0 Å². The van der Waals surface area contributed by atoms with Crippen LogP contribution in [0.15, 0.2) is 0 Å². The number of hydrogen-bond donors (Lipinski definition) is 2. The predicted molar refractivity (Wildman–Crippen MR) is 75.2 cm³/mol. The maximum absolute atomic E-state index is 6.03. The normalized spacial score (nSPS) is 29.8. The van der Waals surface area contributed by atoms with Crippen LogP contribution in [0.1, 0.15) is 46.5 Å². The second kappa shape index (κ2) is 7.34. The minimum absolute atomic E-state index is 0.214. The highest BCUT2D eigenvalue weighted by Gasteiger charge is 2.36. The predicted octanol–water partition coefficient (Wildman–Crippen LogP) is 1.83. The lowest BCUT2D eigenvalue weighted by atomic mass is 9.73. The maximum atomic E-state index is 6.03. The van der Waals surface area contributed by atoms with Crippen molar-refractivity contribution < 1.29 is 0 Å². The molecule has 1 saturated carbocycles. The van der Waals surface area contributed by atoms with E-state index in [1.807, 2.05) is 0 Å². The summed E-state index contributed by atoms with van der Waals surface area (Å²) in [6, 6.07) is 0. The molecule has 17 heavy (non-hydrogen) atoms. The van der Waals surface area contributed by atoms with Crippen molar-refractivity contribution in [3.63, 3.8) is 0 Å². The van der Waals surface area contributed by atoms with E-state index >= 15 is 0 Å². The van der Waals surface area contributed by atoms with E-state index in [2.05, 4.69) is 31.0 Å². The van der Waals surface area contributed by atoms with E-state index < -0.39 is 0 Å². The lowest BCUT2D eigenvalue weighted by Crippen LogP contribution is -2.58. The molecule has 0 aromatic carbocycles. The first kappa shape index (κ1) is 14.9. The van der Waals surface area contributed by atoms with Gasteiger partial charge in [-0.05, 0) is 31.8 Å². The maximum Gasteiger partial charge on any atom is 0.0330 e. The average Bonchev–Trinajstić information content (AvgIpc) is 2.37. The van der Waals surface area contributed by atoms with Gasteiger partial charge in [0.1, 0.15) is 0 Å². The van der Waals surface area contributed by atoms with Crippen molar-refractivity contribution in [1.29, 1.82) is 0 Å². The largest absolute Gasteiger partial charge is 0.329 e. The molecule has 1 aliphatic rings. The molecule has 0 heterocycles. The number of nitrogens with two attached hydrogens (primary N) is 1. The Labute approximate surface area is 107 Å². The van der Waals surface area contributed by atoms with Crippen molar-refractivity contribution in [1.82, 2.24) is 10.2 Å². The molecule has 3 N–H and O–H groups in total. The first-order valence-electron chi connectivity index (χ1n) is 7.36. The molecule has 102 valence electrons. The van der Waals surface area contributed by atoms with Gasteiger partial charge in [0, 0.05) is 25.2 Å². The molecule has 0 aliphatic heterocycles. The van der Waals surface area contributed by atoms with Crippen LogP contribution in [-0.4, -0.2) is 43.2 Å². The summed E-state index contributed by atoms with van der Waals surface area (Å²) < 4.78 is 0. The Morgan fingerprint density at radius 3 is 2.53 bits per heavy atom. The van der Waals surface area contributed by atoms with Gasteiger partial charge in [-0.3, -0.25) is 0 Å². The molecular formula is C14H31N3. The van der Waals surface area contributed by atoms with Crippen molar-refractivity contribution in [3.8, 4) is 0 Å². The van der Waals surface area contributed by atoms with Crippen LogP contribution in [0.3, 0.4) is 0 Å². The van der Waals surface area contributed by atoms with Crippen LogP contribution in [0.25, 0.3) is 0 Å². The summed E-state index contributed by atoms with van der Waals surface area (Å²) in [5.74, 6) is 0.720. The SMILES string of the molecule is CCN(CC)CCNC1(CN)CCCCC1C. The summed E-state index contributed by atoms with van der Waals surface area (Å²) in [6.45, 7) is 12.1. The van der Waals surface area contributed by atoms with E-state index in [1.165, 1.54) is 25.7 Å². The third-order valence-electron chi connectivity index (χ3n) is 4.62. The Bertz CT molecular complexity index is 204. The summed E-state index contributed by atoms with van der Waals surface area (Å²) in [5, 5.41) is 3.77. The lowest BCUT2D eigenvalue weighted by Gasteiger charge is -2.43. The quantitative estimate of drug-likeness (QED) is 0.714. The van der Waals surface area contributed by atoms with Crippen LogP contribution in [0.4, 0.5) is 0 Å². The van der Waals surface area contributed by atoms with E-state index in [4.69, 9.17) is 5.73 Å². The third-order valence-corrected chi connectivity index (χ3v) is 4.62. The van der Waals surface area contributed by atoms with Crippen molar-refractivity contribution in [3.05, 3.63) is 0 Å². The Hall–Kier alpha value is -0.120. The Kier molecular flexibility index (Phi) is 6.45. The molecule has 3 nitrogen and oxygen atoms in total. The van der Waals surface area contributed by atoms with Crippen LogP contribution in [0.5, 0.6) is 0 Å². The molecule has 0 aromatic heterocycles. The van der Waals surface area contributed by atoms with Crippen molar-refractivity contribution >= 4 is 0 Å². The fraction of sp³-hybridized carbons (Fsp3) is 1.00. The van der Waals surface area contributed by atoms with Crippen LogP contribution in [0, 0.1) is 5.92 Å². The molecule has 0 aromatic rings. The average molecular weight is 241 g/mol. The molecule has 0 bridgehead atoms. The zero-order chi connectivity index (χ0) is 12.7. The first-order valence-corrected chi connectivity index (χ1v) is 7.36. The molecule has 0 radical (unpaired) electrons. The Balaban J connectivity index is 2.40. The zero-order valence-electron chi connectivity index (χ0n) is 12.0. The van der Waals surface area contributed by atoms with Crippen LogP contribution < -0.4 is 11.1 Å². The minimum atomic E-state index is 0.214. The number of hydrogen-bond acceptors (Lipinski definition) is 3. The van der Waals surface area contributed by atoms with Gasteiger partial charge in [0.2, 0.25) is 0 Å². The molecule has 1 rings (SSSR count). The molecule has 0 amide bonds. The van der Waals surface area contributed by atoms with E-state index in [1.54, 1.807) is 0 Å². The highest BCUT2D eigenvalue weighted by atomic mass is 15.1. The topological polar surface area (TPSA) is 41.3 Å². The first-order chi connectivity index (χ1) is 8.18. The van der Waals surface area contributed by atoms with E-state index in [9.17, 15) is 0 Å².